The van der Waals surface area contributed by atoms with Crippen LogP contribution in [0.1, 0.15) is 58.7 Å². The van der Waals surface area contributed by atoms with Gasteiger partial charge in [0.25, 0.3) is 0 Å². The van der Waals surface area contributed by atoms with Crippen molar-refractivity contribution >= 4 is 28.6 Å². The number of hydrogen-bond donors (Lipinski definition) is 2. The SMILES string of the molecule is Cc1nnc2n1-c1sc(CCc3ccc(CC(C)(O)CO)cc3)cc1C(c1ccccc1Cl)=NC2C. The molecule has 0 spiro atoms. The minimum Gasteiger partial charge on any atom is -0.393 e. The van der Waals surface area contributed by atoms with E-state index in [9.17, 15) is 10.2 Å². The fourth-order valence-corrected chi connectivity index (χ4v) is 6.00. The second-order valence-corrected chi connectivity index (χ2v) is 11.2. The first-order valence-electron chi connectivity index (χ1n) is 12.0. The summed E-state index contributed by atoms with van der Waals surface area (Å²) in [5.74, 6) is 1.68. The van der Waals surface area contributed by atoms with Gasteiger partial charge in [0.1, 0.15) is 16.9 Å². The molecule has 8 heteroatoms. The fourth-order valence-electron chi connectivity index (χ4n) is 4.57. The van der Waals surface area contributed by atoms with E-state index in [0.29, 0.717) is 11.4 Å². The minimum atomic E-state index is -1.10. The molecule has 2 unspecified atom stereocenters. The summed E-state index contributed by atoms with van der Waals surface area (Å²) in [6.07, 6.45) is 2.19. The van der Waals surface area contributed by atoms with Crippen LogP contribution in [0.3, 0.4) is 0 Å². The highest BCUT2D eigenvalue weighted by Gasteiger charge is 2.28. The lowest BCUT2D eigenvalue weighted by Crippen LogP contribution is -2.31. The number of nitrogens with zero attached hydrogens (tertiary/aromatic N) is 4. The van der Waals surface area contributed by atoms with Crippen LogP contribution in [-0.2, 0) is 19.3 Å². The van der Waals surface area contributed by atoms with E-state index >= 15 is 0 Å². The van der Waals surface area contributed by atoms with Crippen LogP contribution < -0.4 is 0 Å². The van der Waals surface area contributed by atoms with Gasteiger partial charge in [-0.1, -0.05) is 54.1 Å². The molecular formula is C28H29ClN4O2S. The highest BCUT2D eigenvalue weighted by molar-refractivity contribution is 7.15. The Hall–Kier alpha value is -2.84. The standard InChI is InChI=1S/C28H29ClN4O2S/c1-17-26-32-31-18(2)33(26)27-23(25(30-17)22-6-4-5-7-24(22)29)14-21(36-27)13-12-19-8-10-20(11-9-19)15-28(3,35)16-34/h4-11,14,17,34-35H,12-13,15-16H2,1-3H3. The van der Waals surface area contributed by atoms with E-state index in [4.69, 9.17) is 16.6 Å². The maximum absolute atomic E-state index is 10.1. The number of thiophene rings is 1. The van der Waals surface area contributed by atoms with Crippen LogP contribution in [-0.4, -0.2) is 42.9 Å². The summed E-state index contributed by atoms with van der Waals surface area (Å²) in [6, 6.07) is 18.2. The number of hydrogen-bond acceptors (Lipinski definition) is 6. The zero-order valence-corrected chi connectivity index (χ0v) is 22.1. The van der Waals surface area contributed by atoms with Gasteiger partial charge in [-0.25, -0.2) is 0 Å². The van der Waals surface area contributed by atoms with Crippen LogP contribution in [0.5, 0.6) is 0 Å². The molecule has 0 aliphatic carbocycles. The number of aryl methyl sites for hydroxylation is 3. The number of aliphatic hydroxyl groups excluding tert-OH is 1. The molecule has 36 heavy (non-hydrogen) atoms. The van der Waals surface area contributed by atoms with E-state index in [0.717, 1.165) is 51.9 Å². The van der Waals surface area contributed by atoms with Crippen molar-refractivity contribution in [3.63, 3.8) is 0 Å². The molecule has 0 amide bonds. The lowest BCUT2D eigenvalue weighted by Gasteiger charge is -2.20. The normalized spacial score (nSPS) is 16.6. The number of halogens is 1. The fraction of sp³-hybridized carbons (Fsp3) is 0.321. The zero-order valence-electron chi connectivity index (χ0n) is 20.6. The highest BCUT2D eigenvalue weighted by atomic mass is 35.5. The smallest absolute Gasteiger partial charge is 0.162 e. The molecule has 3 heterocycles. The molecule has 6 nitrogen and oxygen atoms in total. The molecule has 5 rings (SSSR count). The molecule has 0 saturated heterocycles. The molecule has 2 atom stereocenters. The Morgan fingerprint density at radius 2 is 1.75 bits per heavy atom. The van der Waals surface area contributed by atoms with Gasteiger partial charge in [0.05, 0.1) is 17.9 Å². The summed E-state index contributed by atoms with van der Waals surface area (Å²) < 4.78 is 2.13. The Morgan fingerprint density at radius 1 is 1.03 bits per heavy atom. The van der Waals surface area contributed by atoms with Crippen molar-refractivity contribution in [1.82, 2.24) is 14.8 Å². The Balaban J connectivity index is 1.45. The molecule has 2 aromatic carbocycles. The number of fused-ring (bicyclic) bond motifs is 3. The number of benzene rings is 2. The maximum atomic E-state index is 10.1. The van der Waals surface area contributed by atoms with E-state index in [-0.39, 0.29) is 12.6 Å². The van der Waals surface area contributed by atoms with Gasteiger partial charge in [-0.3, -0.25) is 9.56 Å². The van der Waals surface area contributed by atoms with Crippen molar-refractivity contribution in [2.45, 2.75) is 51.7 Å². The first-order chi connectivity index (χ1) is 17.3. The first-order valence-corrected chi connectivity index (χ1v) is 13.2. The summed E-state index contributed by atoms with van der Waals surface area (Å²) >= 11 is 8.36. The lowest BCUT2D eigenvalue weighted by molar-refractivity contribution is 0.00232. The van der Waals surface area contributed by atoms with E-state index in [2.05, 4.69) is 33.0 Å². The summed E-state index contributed by atoms with van der Waals surface area (Å²) in [5, 5.41) is 30.0. The lowest BCUT2D eigenvalue weighted by atomic mass is 9.96. The number of aliphatic imine (C=N–C) groups is 1. The van der Waals surface area contributed by atoms with Crippen LogP contribution in [0.25, 0.3) is 5.00 Å². The van der Waals surface area contributed by atoms with Gasteiger partial charge < -0.3 is 10.2 Å². The monoisotopic (exact) mass is 520 g/mol. The van der Waals surface area contributed by atoms with E-state index in [1.165, 1.54) is 10.4 Å². The van der Waals surface area contributed by atoms with E-state index in [1.54, 1.807) is 18.3 Å². The number of aromatic nitrogens is 3. The predicted molar refractivity (Wildman–Crippen MR) is 145 cm³/mol. The van der Waals surface area contributed by atoms with Crippen LogP contribution in [0.2, 0.25) is 5.02 Å². The molecule has 0 saturated carbocycles. The van der Waals surface area contributed by atoms with E-state index in [1.807, 2.05) is 50.2 Å². The van der Waals surface area contributed by atoms with Gasteiger partial charge in [-0.2, -0.15) is 0 Å². The van der Waals surface area contributed by atoms with Crippen molar-refractivity contribution in [1.29, 1.82) is 0 Å². The van der Waals surface area contributed by atoms with Crippen LogP contribution in [0.4, 0.5) is 0 Å². The van der Waals surface area contributed by atoms with Gasteiger partial charge in [-0.05, 0) is 56.9 Å². The number of aliphatic hydroxyl groups is 2. The van der Waals surface area contributed by atoms with Crippen molar-refractivity contribution in [3.8, 4) is 5.00 Å². The summed E-state index contributed by atoms with van der Waals surface area (Å²) in [6.45, 7) is 5.40. The van der Waals surface area contributed by atoms with Crippen molar-refractivity contribution in [2.24, 2.45) is 4.99 Å². The van der Waals surface area contributed by atoms with Gasteiger partial charge in [0.15, 0.2) is 5.82 Å². The van der Waals surface area contributed by atoms with Crippen LogP contribution in [0.15, 0.2) is 59.6 Å². The molecule has 1 aliphatic rings. The second-order valence-electron chi connectivity index (χ2n) is 9.65. The van der Waals surface area contributed by atoms with Crippen molar-refractivity contribution < 1.29 is 10.2 Å². The molecule has 2 N–H and O–H groups in total. The third-order valence-corrected chi connectivity index (χ3v) is 8.02. The zero-order chi connectivity index (χ0) is 25.4. The summed E-state index contributed by atoms with van der Waals surface area (Å²) in [7, 11) is 0. The molecule has 0 bridgehead atoms. The third-order valence-electron chi connectivity index (χ3n) is 6.51. The minimum absolute atomic E-state index is 0.148. The molecule has 2 aromatic heterocycles. The molecule has 186 valence electrons. The Labute approximate surface area is 220 Å². The Morgan fingerprint density at radius 3 is 2.47 bits per heavy atom. The second kappa shape index (κ2) is 9.90. The predicted octanol–water partition coefficient (Wildman–Crippen LogP) is 5.27. The van der Waals surface area contributed by atoms with Crippen molar-refractivity contribution in [3.05, 3.63) is 98.4 Å². The molecule has 0 radical (unpaired) electrons. The summed E-state index contributed by atoms with van der Waals surface area (Å²) in [4.78, 5) is 6.31. The van der Waals surface area contributed by atoms with Crippen LogP contribution >= 0.6 is 22.9 Å². The van der Waals surface area contributed by atoms with Gasteiger partial charge in [0.2, 0.25) is 0 Å². The Kier molecular flexibility index (Phi) is 6.83. The largest absolute Gasteiger partial charge is 0.393 e. The average molecular weight is 521 g/mol. The van der Waals surface area contributed by atoms with Gasteiger partial charge in [0, 0.05) is 27.4 Å². The average Bonchev–Trinajstić information content (AvgIpc) is 3.42. The topological polar surface area (TPSA) is 83.5 Å². The molecular weight excluding hydrogens is 492 g/mol. The molecule has 0 fully saturated rings. The molecule has 4 aromatic rings. The Bertz CT molecular complexity index is 1420. The third kappa shape index (κ3) is 4.89. The molecule has 1 aliphatic heterocycles. The highest BCUT2D eigenvalue weighted by Crippen LogP contribution is 2.37. The quantitative estimate of drug-likeness (QED) is 0.347. The van der Waals surface area contributed by atoms with Gasteiger partial charge in [-0.15, -0.1) is 21.5 Å². The first kappa shape index (κ1) is 24.8. The summed E-state index contributed by atoms with van der Waals surface area (Å²) in [5.41, 5.74) is 3.98. The van der Waals surface area contributed by atoms with Crippen LogP contribution in [0, 0.1) is 6.92 Å². The van der Waals surface area contributed by atoms with E-state index < -0.39 is 5.60 Å². The number of rotatable bonds is 7. The van der Waals surface area contributed by atoms with Gasteiger partial charge >= 0.3 is 0 Å². The maximum Gasteiger partial charge on any atom is 0.162 e. The van der Waals surface area contributed by atoms with Crippen molar-refractivity contribution in [2.75, 3.05) is 6.61 Å².